The lowest BCUT2D eigenvalue weighted by molar-refractivity contribution is -0.118. The highest BCUT2D eigenvalue weighted by atomic mass is 16.5. The van der Waals surface area contributed by atoms with Crippen LogP contribution in [-0.4, -0.2) is 38.1 Å². The highest BCUT2D eigenvalue weighted by molar-refractivity contribution is 6.09. The van der Waals surface area contributed by atoms with Crippen molar-refractivity contribution in [3.05, 3.63) is 88.5 Å². The Balaban J connectivity index is 1.69. The van der Waals surface area contributed by atoms with Gasteiger partial charge >= 0.3 is 5.97 Å². The van der Waals surface area contributed by atoms with E-state index in [1.165, 1.54) is 37.5 Å². The molecule has 0 spiro atoms. The van der Waals surface area contributed by atoms with Crippen LogP contribution in [0.3, 0.4) is 0 Å². The number of carbonyl (C=O) groups is 3. The van der Waals surface area contributed by atoms with Gasteiger partial charge in [0.25, 0.3) is 11.8 Å². The van der Waals surface area contributed by atoms with Crippen LogP contribution in [0.5, 0.6) is 11.5 Å². The molecular weight excluding hydrogens is 498 g/mol. The third-order valence-electron chi connectivity index (χ3n) is 5.66. The van der Waals surface area contributed by atoms with Crippen LogP contribution in [0.1, 0.15) is 34.0 Å². The zero-order valence-electron chi connectivity index (χ0n) is 22.2. The van der Waals surface area contributed by atoms with Crippen LogP contribution in [0.2, 0.25) is 0 Å². The Morgan fingerprint density at radius 1 is 0.872 bits per heavy atom. The number of carbonyl (C=O) groups excluding carboxylic acids is 3. The summed E-state index contributed by atoms with van der Waals surface area (Å²) in [5.41, 5.74) is 4.00. The number of nitriles is 1. The van der Waals surface area contributed by atoms with Crippen molar-refractivity contribution in [2.24, 2.45) is 0 Å². The van der Waals surface area contributed by atoms with Crippen LogP contribution in [0.4, 0.5) is 11.4 Å². The van der Waals surface area contributed by atoms with Crippen molar-refractivity contribution in [1.82, 2.24) is 0 Å². The minimum absolute atomic E-state index is 0.143. The topological polar surface area (TPSA) is 127 Å². The molecule has 9 nitrogen and oxygen atoms in total. The Labute approximate surface area is 227 Å². The number of benzene rings is 3. The summed E-state index contributed by atoms with van der Waals surface area (Å²) < 4.78 is 16.0. The number of esters is 1. The van der Waals surface area contributed by atoms with Crippen molar-refractivity contribution < 1.29 is 28.6 Å². The van der Waals surface area contributed by atoms with Crippen LogP contribution in [0.15, 0.2) is 66.2 Å². The lowest BCUT2D eigenvalue weighted by Crippen LogP contribution is -2.20. The molecule has 3 aromatic carbocycles. The van der Waals surface area contributed by atoms with E-state index in [0.29, 0.717) is 40.6 Å². The van der Waals surface area contributed by atoms with Crippen LogP contribution in [0.25, 0.3) is 6.08 Å². The largest absolute Gasteiger partial charge is 0.490 e. The summed E-state index contributed by atoms with van der Waals surface area (Å²) in [5.74, 6) is -0.735. The van der Waals surface area contributed by atoms with Crippen molar-refractivity contribution in [3.63, 3.8) is 0 Å². The summed E-state index contributed by atoms with van der Waals surface area (Å²) in [6, 6.07) is 18.5. The first-order valence-corrected chi connectivity index (χ1v) is 12.1. The molecule has 2 N–H and O–H groups in total. The first-order valence-electron chi connectivity index (χ1n) is 12.1. The second-order valence-corrected chi connectivity index (χ2v) is 8.47. The summed E-state index contributed by atoms with van der Waals surface area (Å²) in [6.45, 7) is 5.88. The van der Waals surface area contributed by atoms with Crippen molar-refractivity contribution in [1.29, 1.82) is 5.26 Å². The van der Waals surface area contributed by atoms with Crippen molar-refractivity contribution >= 4 is 35.2 Å². The first kappa shape index (κ1) is 28.5. The van der Waals surface area contributed by atoms with E-state index in [4.69, 9.17) is 9.47 Å². The SMILES string of the molecule is CCOc1cc(/C=C(/C#N)C(=O)Nc2ccc(C(=O)OC)cc2)ccc1OCC(=O)Nc1ccc(C)c(C)c1. The zero-order valence-corrected chi connectivity index (χ0v) is 22.2. The second kappa shape index (κ2) is 13.4. The molecule has 3 rings (SSSR count). The molecule has 0 saturated heterocycles. The van der Waals surface area contributed by atoms with Gasteiger partial charge in [-0.3, -0.25) is 9.59 Å². The molecule has 0 heterocycles. The lowest BCUT2D eigenvalue weighted by Gasteiger charge is -2.13. The number of nitrogens with one attached hydrogen (secondary N) is 2. The number of ether oxygens (including phenoxy) is 3. The smallest absolute Gasteiger partial charge is 0.337 e. The number of methoxy groups -OCH3 is 1. The molecule has 0 aliphatic rings. The van der Waals surface area contributed by atoms with Gasteiger partial charge in [0.05, 0.1) is 19.3 Å². The van der Waals surface area contributed by atoms with Gasteiger partial charge in [0.2, 0.25) is 0 Å². The van der Waals surface area contributed by atoms with Gasteiger partial charge in [0, 0.05) is 11.4 Å². The summed E-state index contributed by atoms with van der Waals surface area (Å²) in [4.78, 5) is 36.7. The molecule has 0 radical (unpaired) electrons. The standard InChI is InChI=1S/C30H29N3O6/c1-5-38-27-16-21(7-13-26(27)39-18-28(34)32-25-10-6-19(2)20(3)14-25)15-23(17-31)29(35)33-24-11-8-22(9-12-24)30(36)37-4/h6-16H,5,18H2,1-4H3,(H,32,34)(H,33,35)/b23-15-. The summed E-state index contributed by atoms with van der Waals surface area (Å²) >= 11 is 0. The molecule has 0 aromatic heterocycles. The van der Waals surface area contributed by atoms with Gasteiger partial charge in [0.15, 0.2) is 18.1 Å². The van der Waals surface area contributed by atoms with Gasteiger partial charge in [-0.15, -0.1) is 0 Å². The van der Waals surface area contributed by atoms with E-state index >= 15 is 0 Å². The Hall–Kier alpha value is -5.10. The number of anilines is 2. The maximum atomic E-state index is 12.7. The summed E-state index contributed by atoms with van der Waals surface area (Å²) in [5, 5.41) is 15.0. The summed E-state index contributed by atoms with van der Waals surface area (Å²) in [7, 11) is 1.28. The minimum atomic E-state index is -0.621. The molecule has 0 aliphatic carbocycles. The number of aryl methyl sites for hydroxylation is 2. The van der Waals surface area contributed by atoms with Gasteiger partial charge in [0.1, 0.15) is 11.6 Å². The third kappa shape index (κ3) is 7.94. The number of hydrogen-bond acceptors (Lipinski definition) is 7. The highest BCUT2D eigenvalue weighted by Gasteiger charge is 2.13. The Kier molecular flexibility index (Phi) is 9.82. The maximum absolute atomic E-state index is 12.7. The molecule has 0 aliphatic heterocycles. The average molecular weight is 528 g/mol. The van der Waals surface area contributed by atoms with Crippen LogP contribution in [0, 0.1) is 25.2 Å². The van der Waals surface area contributed by atoms with Gasteiger partial charge in [-0.2, -0.15) is 5.26 Å². The quantitative estimate of drug-likeness (QED) is 0.215. The molecule has 2 amide bonds. The molecule has 0 fully saturated rings. The van der Waals surface area contributed by atoms with E-state index < -0.39 is 11.9 Å². The summed E-state index contributed by atoms with van der Waals surface area (Å²) in [6.07, 6.45) is 1.41. The van der Waals surface area contributed by atoms with Crippen LogP contribution in [-0.2, 0) is 14.3 Å². The van der Waals surface area contributed by atoms with Crippen LogP contribution >= 0.6 is 0 Å². The number of nitrogens with zero attached hydrogens (tertiary/aromatic N) is 1. The second-order valence-electron chi connectivity index (χ2n) is 8.47. The van der Waals surface area contributed by atoms with Gasteiger partial charge in [-0.25, -0.2) is 4.79 Å². The predicted octanol–water partition coefficient (Wildman–Crippen LogP) is 5.05. The number of hydrogen-bond donors (Lipinski definition) is 2. The van der Waals surface area contributed by atoms with Crippen LogP contribution < -0.4 is 20.1 Å². The Morgan fingerprint density at radius 2 is 1.59 bits per heavy atom. The monoisotopic (exact) mass is 527 g/mol. The molecular formula is C30H29N3O6. The normalized spacial score (nSPS) is 10.7. The fourth-order valence-electron chi connectivity index (χ4n) is 3.48. The molecule has 9 heteroatoms. The van der Waals surface area contributed by atoms with E-state index in [0.717, 1.165) is 11.1 Å². The number of rotatable bonds is 10. The van der Waals surface area contributed by atoms with E-state index in [9.17, 15) is 19.6 Å². The predicted molar refractivity (Wildman–Crippen MR) is 148 cm³/mol. The van der Waals surface area contributed by atoms with E-state index in [1.807, 2.05) is 38.1 Å². The fraction of sp³-hybridized carbons (Fsp3) is 0.200. The third-order valence-corrected chi connectivity index (χ3v) is 5.66. The number of amides is 2. The highest BCUT2D eigenvalue weighted by Crippen LogP contribution is 2.29. The van der Waals surface area contributed by atoms with Crippen molar-refractivity contribution in [2.75, 3.05) is 31.0 Å². The van der Waals surface area contributed by atoms with Gasteiger partial charge in [-0.05, 0) is 92.1 Å². The maximum Gasteiger partial charge on any atom is 0.337 e. The fourth-order valence-corrected chi connectivity index (χ4v) is 3.48. The zero-order chi connectivity index (χ0) is 28.4. The minimum Gasteiger partial charge on any atom is -0.490 e. The van der Waals surface area contributed by atoms with Crippen molar-refractivity contribution in [2.45, 2.75) is 20.8 Å². The molecule has 39 heavy (non-hydrogen) atoms. The molecule has 3 aromatic rings. The molecule has 0 unspecified atom stereocenters. The molecule has 0 atom stereocenters. The van der Waals surface area contributed by atoms with E-state index in [2.05, 4.69) is 15.4 Å². The molecule has 0 bridgehead atoms. The van der Waals surface area contributed by atoms with Gasteiger partial charge < -0.3 is 24.8 Å². The average Bonchev–Trinajstić information content (AvgIpc) is 2.93. The van der Waals surface area contributed by atoms with Crippen molar-refractivity contribution in [3.8, 4) is 17.6 Å². The molecule has 0 saturated carbocycles. The first-order chi connectivity index (χ1) is 18.7. The lowest BCUT2D eigenvalue weighted by atomic mass is 10.1. The Morgan fingerprint density at radius 3 is 2.23 bits per heavy atom. The van der Waals surface area contributed by atoms with Gasteiger partial charge in [-0.1, -0.05) is 12.1 Å². The Bertz CT molecular complexity index is 1440. The van der Waals surface area contributed by atoms with E-state index in [-0.39, 0.29) is 18.1 Å². The van der Waals surface area contributed by atoms with E-state index in [1.54, 1.807) is 25.1 Å². The molecule has 200 valence electrons.